The lowest BCUT2D eigenvalue weighted by atomic mass is 10.2. The van der Waals surface area contributed by atoms with Gasteiger partial charge in [0.2, 0.25) is 5.91 Å². The number of hydrogen-bond donors (Lipinski definition) is 2. The fraction of sp³-hybridized carbons (Fsp3) is 0.545. The van der Waals surface area contributed by atoms with Gasteiger partial charge < -0.3 is 11.1 Å². The summed E-state index contributed by atoms with van der Waals surface area (Å²) in [6.45, 7) is -0.0698. The average Bonchev–Trinajstić information content (AvgIpc) is 2.73. The third-order valence-electron chi connectivity index (χ3n) is 2.93. The summed E-state index contributed by atoms with van der Waals surface area (Å²) in [5.74, 6) is 0.485. The summed E-state index contributed by atoms with van der Waals surface area (Å²) in [6, 6.07) is -0.844. The molecule has 0 aromatic heterocycles. The Hall–Kier alpha value is -0.990. The Morgan fingerprint density at radius 3 is 2.63 bits per heavy atom. The molecule has 0 saturated carbocycles. The largest absolute Gasteiger partial charge is 0.351 e. The molecule has 104 valence electrons. The van der Waals surface area contributed by atoms with Crippen LogP contribution in [0.25, 0.3) is 0 Å². The first kappa shape index (κ1) is 14.4. The monoisotopic (exact) mass is 301 g/mol. The van der Waals surface area contributed by atoms with Crippen molar-refractivity contribution in [2.75, 3.05) is 18.1 Å². The zero-order valence-electron chi connectivity index (χ0n) is 10.2. The molecule has 8 heteroatoms. The Kier molecular flexibility index (Phi) is 4.89. The summed E-state index contributed by atoms with van der Waals surface area (Å²) >= 11 is 0. The van der Waals surface area contributed by atoms with Crippen molar-refractivity contribution in [1.29, 1.82) is 0 Å². The van der Waals surface area contributed by atoms with Crippen molar-refractivity contribution >= 4 is 39.3 Å². The maximum absolute atomic E-state index is 12.1. The number of imide groups is 1. The Balaban J connectivity index is 1.98. The maximum atomic E-state index is 12.1. The third kappa shape index (κ3) is 3.31. The van der Waals surface area contributed by atoms with Crippen molar-refractivity contribution in [2.45, 2.75) is 18.5 Å². The van der Waals surface area contributed by atoms with E-state index in [9.17, 15) is 14.4 Å². The molecule has 1 fully saturated rings. The molecule has 0 bridgehead atoms. The molecule has 2 rings (SSSR count). The second-order valence-corrected chi connectivity index (χ2v) is 6.86. The highest BCUT2D eigenvalue weighted by Crippen LogP contribution is 2.29. The minimum Gasteiger partial charge on any atom is -0.351 e. The molecule has 2 aliphatic heterocycles. The van der Waals surface area contributed by atoms with E-state index in [2.05, 4.69) is 5.32 Å². The van der Waals surface area contributed by atoms with Gasteiger partial charge in [-0.05, 0) is 6.42 Å². The second-order valence-electron chi connectivity index (χ2n) is 4.23. The Morgan fingerprint density at radius 1 is 1.42 bits per heavy atom. The molecular formula is C11H15N3O3S2. The van der Waals surface area contributed by atoms with Crippen LogP contribution in [0.5, 0.6) is 0 Å². The van der Waals surface area contributed by atoms with E-state index in [4.69, 9.17) is 5.73 Å². The highest BCUT2D eigenvalue weighted by Gasteiger charge is 2.35. The molecule has 1 unspecified atom stereocenters. The number of hydrogen-bond acceptors (Lipinski definition) is 6. The molecule has 0 radical (unpaired) electrons. The summed E-state index contributed by atoms with van der Waals surface area (Å²) in [7, 11) is 3.49. The lowest BCUT2D eigenvalue weighted by Gasteiger charge is -2.28. The summed E-state index contributed by atoms with van der Waals surface area (Å²) in [4.78, 5) is 36.2. The van der Waals surface area contributed by atoms with Gasteiger partial charge in [0, 0.05) is 36.2 Å². The van der Waals surface area contributed by atoms with E-state index in [1.165, 1.54) is 0 Å². The van der Waals surface area contributed by atoms with Crippen LogP contribution < -0.4 is 11.1 Å². The van der Waals surface area contributed by atoms with E-state index < -0.39 is 17.9 Å². The van der Waals surface area contributed by atoms with Crippen LogP contribution in [-0.2, 0) is 14.4 Å². The normalized spacial score (nSPS) is 24.7. The van der Waals surface area contributed by atoms with Crippen molar-refractivity contribution in [2.24, 2.45) is 5.73 Å². The van der Waals surface area contributed by atoms with Crippen LogP contribution in [0.15, 0.2) is 12.2 Å². The van der Waals surface area contributed by atoms with Gasteiger partial charge in [-0.3, -0.25) is 19.3 Å². The van der Waals surface area contributed by atoms with Crippen molar-refractivity contribution in [3.63, 3.8) is 0 Å². The number of nitrogens with zero attached hydrogens (tertiary/aromatic N) is 1. The second kappa shape index (κ2) is 6.44. The molecule has 2 heterocycles. The number of carbonyl (C=O) groups excluding carboxylic acids is 3. The molecule has 0 aromatic carbocycles. The predicted octanol–water partition coefficient (Wildman–Crippen LogP) is -0.491. The summed E-state index contributed by atoms with van der Waals surface area (Å²) < 4.78 is 0. The minimum atomic E-state index is -0.922. The molecule has 0 spiro atoms. The lowest BCUT2D eigenvalue weighted by molar-refractivity contribution is -0.145. The molecule has 6 nitrogen and oxygen atoms in total. The fourth-order valence-corrected chi connectivity index (χ4v) is 4.36. The van der Waals surface area contributed by atoms with E-state index >= 15 is 0 Å². The SMILES string of the molecule is NCC(C(=O)N[C@H]1CCSSC1)N1C(=O)C=CC1=O. The van der Waals surface area contributed by atoms with Crippen LogP contribution in [0.3, 0.4) is 0 Å². The number of amides is 3. The zero-order valence-corrected chi connectivity index (χ0v) is 11.8. The highest BCUT2D eigenvalue weighted by atomic mass is 33.1. The molecule has 1 saturated heterocycles. The number of carbonyl (C=O) groups is 3. The first-order valence-corrected chi connectivity index (χ1v) is 8.42. The van der Waals surface area contributed by atoms with Gasteiger partial charge in [-0.25, -0.2) is 0 Å². The van der Waals surface area contributed by atoms with Gasteiger partial charge in [0.05, 0.1) is 0 Å². The smallest absolute Gasteiger partial charge is 0.254 e. The van der Waals surface area contributed by atoms with Crippen LogP contribution in [0.1, 0.15) is 6.42 Å². The fourth-order valence-electron chi connectivity index (χ4n) is 1.92. The number of nitrogens with one attached hydrogen (secondary N) is 1. The molecule has 3 N–H and O–H groups in total. The van der Waals surface area contributed by atoms with Crippen LogP contribution in [0.4, 0.5) is 0 Å². The van der Waals surface area contributed by atoms with Crippen molar-refractivity contribution in [1.82, 2.24) is 10.2 Å². The first-order valence-electron chi connectivity index (χ1n) is 5.93. The van der Waals surface area contributed by atoms with E-state index in [0.717, 1.165) is 35.0 Å². The zero-order chi connectivity index (χ0) is 13.8. The van der Waals surface area contributed by atoms with Crippen LogP contribution in [0.2, 0.25) is 0 Å². The Morgan fingerprint density at radius 2 is 2.11 bits per heavy atom. The molecule has 2 atom stereocenters. The molecule has 3 amide bonds. The van der Waals surface area contributed by atoms with Gasteiger partial charge in [0.15, 0.2) is 0 Å². The van der Waals surface area contributed by atoms with E-state index in [0.29, 0.717) is 0 Å². The summed E-state index contributed by atoms with van der Waals surface area (Å²) in [5.41, 5.74) is 5.54. The summed E-state index contributed by atoms with van der Waals surface area (Å²) in [6.07, 6.45) is 3.21. The standard InChI is InChI=1S/C11H15N3O3S2/c12-5-8(14-9(15)1-2-10(14)16)11(17)13-7-3-4-18-19-6-7/h1-2,7-8H,3-6,12H2,(H,13,17)/t7-,8?/m0/s1. The Bertz CT molecular complexity index is 403. The van der Waals surface area contributed by atoms with E-state index in [-0.39, 0.29) is 18.5 Å². The van der Waals surface area contributed by atoms with Gasteiger partial charge in [-0.2, -0.15) is 0 Å². The van der Waals surface area contributed by atoms with Crippen molar-refractivity contribution < 1.29 is 14.4 Å². The van der Waals surface area contributed by atoms with Crippen LogP contribution in [0, 0.1) is 0 Å². The molecular weight excluding hydrogens is 286 g/mol. The molecule has 19 heavy (non-hydrogen) atoms. The van der Waals surface area contributed by atoms with Crippen molar-refractivity contribution in [3.05, 3.63) is 12.2 Å². The Labute approximate surface area is 118 Å². The molecule has 2 aliphatic rings. The number of nitrogens with two attached hydrogens (primary N) is 1. The van der Waals surface area contributed by atoms with Gasteiger partial charge in [0.25, 0.3) is 11.8 Å². The van der Waals surface area contributed by atoms with Gasteiger partial charge in [-0.1, -0.05) is 21.6 Å². The van der Waals surface area contributed by atoms with E-state index in [1.54, 1.807) is 21.6 Å². The number of rotatable bonds is 4. The van der Waals surface area contributed by atoms with Gasteiger partial charge in [0.1, 0.15) is 6.04 Å². The predicted molar refractivity (Wildman–Crippen MR) is 75.3 cm³/mol. The highest BCUT2D eigenvalue weighted by molar-refractivity contribution is 8.76. The summed E-state index contributed by atoms with van der Waals surface area (Å²) in [5, 5.41) is 2.86. The van der Waals surface area contributed by atoms with Gasteiger partial charge >= 0.3 is 0 Å². The molecule has 0 aliphatic carbocycles. The first-order chi connectivity index (χ1) is 9.13. The van der Waals surface area contributed by atoms with E-state index in [1.807, 2.05) is 0 Å². The lowest BCUT2D eigenvalue weighted by Crippen LogP contribution is -2.55. The third-order valence-corrected chi connectivity index (χ3v) is 5.45. The van der Waals surface area contributed by atoms with Crippen molar-refractivity contribution in [3.8, 4) is 0 Å². The van der Waals surface area contributed by atoms with Crippen LogP contribution in [-0.4, -0.2) is 52.8 Å². The minimum absolute atomic E-state index is 0.0698. The molecule has 0 aromatic rings. The van der Waals surface area contributed by atoms with Crippen LogP contribution >= 0.6 is 21.6 Å². The average molecular weight is 301 g/mol. The maximum Gasteiger partial charge on any atom is 0.254 e. The topological polar surface area (TPSA) is 92.5 Å². The van der Waals surface area contributed by atoms with Gasteiger partial charge in [-0.15, -0.1) is 0 Å². The quantitative estimate of drug-likeness (QED) is 0.538.